The molecular weight excluding hydrogens is 432 g/mol. The largest absolute Gasteiger partial charge is 0.299 e. The maximum atomic E-state index is 11.9. The lowest BCUT2D eigenvalue weighted by molar-refractivity contribution is -0.128. The van der Waals surface area contributed by atoms with Crippen LogP contribution in [0.5, 0.6) is 0 Å². The summed E-state index contributed by atoms with van der Waals surface area (Å²) in [5.41, 5.74) is -2.24. The molecule has 30 heavy (non-hydrogen) atoms. The van der Waals surface area contributed by atoms with Gasteiger partial charge < -0.3 is 0 Å². The first-order chi connectivity index (χ1) is 13.4. The van der Waals surface area contributed by atoms with Crippen LogP contribution in [0.1, 0.15) is 66.2 Å². The zero-order chi connectivity index (χ0) is 23.0. The fourth-order valence-corrected chi connectivity index (χ4v) is 9.44. The fourth-order valence-electron chi connectivity index (χ4n) is 6.84. The summed E-state index contributed by atoms with van der Waals surface area (Å²) >= 11 is 0. The zero-order valence-electron chi connectivity index (χ0n) is 18.0. The molecule has 0 heterocycles. The van der Waals surface area contributed by atoms with Crippen molar-refractivity contribution in [3.63, 3.8) is 0 Å². The molecule has 0 spiro atoms. The molecule has 4 rings (SSSR count). The van der Waals surface area contributed by atoms with Gasteiger partial charge in [-0.2, -0.15) is 16.8 Å². The highest BCUT2D eigenvalue weighted by Crippen LogP contribution is 2.65. The van der Waals surface area contributed by atoms with Crippen molar-refractivity contribution in [1.82, 2.24) is 0 Å². The summed E-state index contributed by atoms with van der Waals surface area (Å²) in [5, 5.41) is 0. The van der Waals surface area contributed by atoms with Crippen molar-refractivity contribution >= 4 is 31.8 Å². The van der Waals surface area contributed by atoms with Crippen LogP contribution in [0.4, 0.5) is 0 Å². The molecule has 0 aromatic rings. The van der Waals surface area contributed by atoms with E-state index < -0.39 is 42.6 Å². The van der Waals surface area contributed by atoms with Gasteiger partial charge in [-0.3, -0.25) is 18.7 Å². The molecule has 4 aliphatic carbocycles. The quantitative estimate of drug-likeness (QED) is 0.604. The second kappa shape index (κ2) is 6.83. The summed E-state index contributed by atoms with van der Waals surface area (Å²) < 4.78 is 62.0. The Labute approximate surface area is 178 Å². The zero-order valence-corrected chi connectivity index (χ0v) is 19.6. The van der Waals surface area contributed by atoms with Crippen LogP contribution in [0.15, 0.2) is 0 Å². The third-order valence-corrected chi connectivity index (χ3v) is 10.9. The van der Waals surface area contributed by atoms with Crippen molar-refractivity contribution < 1.29 is 35.5 Å². The lowest BCUT2D eigenvalue weighted by Crippen LogP contribution is -2.42. The van der Waals surface area contributed by atoms with Crippen LogP contribution in [0, 0.1) is 33.5 Å². The average molecular weight is 465 g/mol. The van der Waals surface area contributed by atoms with Crippen molar-refractivity contribution in [2.24, 2.45) is 33.5 Å². The van der Waals surface area contributed by atoms with Gasteiger partial charge in [0.15, 0.2) is 0 Å². The van der Waals surface area contributed by atoms with E-state index >= 15 is 0 Å². The molecule has 0 aromatic heterocycles. The summed E-state index contributed by atoms with van der Waals surface area (Å²) in [6, 6.07) is 0. The van der Waals surface area contributed by atoms with Gasteiger partial charge in [0.2, 0.25) is 0 Å². The van der Waals surface area contributed by atoms with Gasteiger partial charge in [-0.25, -0.2) is 0 Å². The number of carbonyl (C=O) groups is 2. The van der Waals surface area contributed by atoms with Crippen LogP contribution in [0.2, 0.25) is 0 Å². The summed E-state index contributed by atoms with van der Waals surface area (Å²) in [6.07, 6.45) is 3.94. The van der Waals surface area contributed by atoms with Crippen LogP contribution in [-0.4, -0.2) is 49.0 Å². The third-order valence-electron chi connectivity index (χ3n) is 9.14. The molecule has 0 aromatic carbocycles. The Hall–Kier alpha value is -0.840. The van der Waals surface area contributed by atoms with Crippen molar-refractivity contribution in [3.05, 3.63) is 0 Å². The van der Waals surface area contributed by atoms with E-state index in [2.05, 4.69) is 0 Å². The molecule has 2 N–H and O–H groups in total. The molecule has 4 aliphatic rings. The number of ketones is 2. The topological polar surface area (TPSA) is 143 Å². The van der Waals surface area contributed by atoms with Crippen molar-refractivity contribution in [3.8, 4) is 0 Å². The van der Waals surface area contributed by atoms with Crippen LogP contribution in [0.25, 0.3) is 0 Å². The highest BCUT2D eigenvalue weighted by atomic mass is 32.2. The van der Waals surface area contributed by atoms with Gasteiger partial charge in [0.25, 0.3) is 20.2 Å². The van der Waals surface area contributed by atoms with Crippen molar-refractivity contribution in [2.75, 3.05) is 11.5 Å². The first-order valence-electron chi connectivity index (χ1n) is 10.3. The van der Waals surface area contributed by atoms with Crippen LogP contribution < -0.4 is 0 Å². The minimum Gasteiger partial charge on any atom is -0.299 e. The first-order valence-corrected chi connectivity index (χ1v) is 13.6. The van der Waals surface area contributed by atoms with Crippen molar-refractivity contribution in [1.29, 1.82) is 0 Å². The predicted molar refractivity (Wildman–Crippen MR) is 110 cm³/mol. The van der Waals surface area contributed by atoms with E-state index in [1.165, 1.54) is 0 Å². The fraction of sp³-hybridized carbons (Fsp3) is 0.900. The van der Waals surface area contributed by atoms with E-state index in [-0.39, 0.29) is 34.2 Å². The predicted octanol–water partition coefficient (Wildman–Crippen LogP) is 2.54. The minimum absolute atomic E-state index is 0.0152. The Morgan fingerprint density at radius 3 is 1.20 bits per heavy atom. The molecule has 4 unspecified atom stereocenters. The maximum absolute atomic E-state index is 11.9. The number of fused-ring (bicyclic) bond motifs is 4. The van der Waals surface area contributed by atoms with E-state index in [1.807, 2.05) is 27.7 Å². The lowest BCUT2D eigenvalue weighted by atomic mass is 9.70. The van der Waals surface area contributed by atoms with Gasteiger partial charge in [-0.1, -0.05) is 27.7 Å². The van der Waals surface area contributed by atoms with Crippen LogP contribution in [0.3, 0.4) is 0 Å². The molecule has 10 heteroatoms. The van der Waals surface area contributed by atoms with E-state index in [0.29, 0.717) is 25.7 Å². The third kappa shape index (κ3) is 3.47. The molecule has 4 atom stereocenters. The summed E-state index contributed by atoms with van der Waals surface area (Å²) in [7, 11) is -8.15. The smallest absolute Gasteiger partial charge is 0.265 e. The Morgan fingerprint density at radius 1 is 0.733 bits per heavy atom. The van der Waals surface area contributed by atoms with Gasteiger partial charge in [0, 0.05) is 12.8 Å². The average Bonchev–Trinajstić information content (AvgIpc) is 3.05. The van der Waals surface area contributed by atoms with E-state index in [1.54, 1.807) is 0 Å². The number of hydrogen-bond donors (Lipinski definition) is 2. The SMILES string of the molecule is CC1(C)C2CCC1(CS(=O)(=O)O)C(=O)C2.CC1(C)C2CCC1(CS(=O)(=O)O)C(=O)C2. The molecule has 0 aliphatic heterocycles. The molecule has 4 bridgehead atoms. The first kappa shape index (κ1) is 23.8. The van der Waals surface area contributed by atoms with Gasteiger partial charge in [0.05, 0.1) is 22.3 Å². The molecule has 0 radical (unpaired) electrons. The Bertz CT molecular complexity index is 898. The van der Waals surface area contributed by atoms with Gasteiger partial charge in [0.1, 0.15) is 11.6 Å². The second-order valence-electron chi connectivity index (χ2n) is 10.8. The highest BCUT2D eigenvalue weighted by molar-refractivity contribution is 7.86. The van der Waals surface area contributed by atoms with E-state index in [9.17, 15) is 26.4 Å². The number of rotatable bonds is 4. The van der Waals surface area contributed by atoms with E-state index in [4.69, 9.17) is 9.11 Å². The Kier molecular flexibility index (Phi) is 5.42. The lowest BCUT2D eigenvalue weighted by Gasteiger charge is -2.35. The second-order valence-corrected chi connectivity index (χ2v) is 13.7. The maximum Gasteiger partial charge on any atom is 0.265 e. The molecule has 4 saturated carbocycles. The summed E-state index contributed by atoms with van der Waals surface area (Å²) in [5.74, 6) is -0.203. The summed E-state index contributed by atoms with van der Waals surface area (Å²) in [4.78, 5) is 23.8. The number of Topliss-reactive ketones (excluding diaryl/α,β-unsaturated/α-hetero) is 2. The monoisotopic (exact) mass is 464 g/mol. The van der Waals surface area contributed by atoms with Gasteiger partial charge in [-0.15, -0.1) is 0 Å². The molecule has 0 amide bonds. The Balaban J connectivity index is 0.000000171. The highest BCUT2D eigenvalue weighted by Gasteiger charge is 2.66. The standard InChI is InChI=1S/2C10H16O4S/c2*1-9(2)7-3-4-10(9,8(11)5-7)6-15(12,13)14/h2*7H,3-6H2,1-2H3,(H,12,13,14). The van der Waals surface area contributed by atoms with Crippen LogP contribution >= 0.6 is 0 Å². The van der Waals surface area contributed by atoms with Gasteiger partial charge in [-0.05, 0) is 48.3 Å². The molecule has 172 valence electrons. The molecular formula is C20H32O8S2. The molecule has 4 fully saturated rings. The van der Waals surface area contributed by atoms with Gasteiger partial charge >= 0.3 is 0 Å². The van der Waals surface area contributed by atoms with Crippen LogP contribution in [-0.2, 0) is 29.8 Å². The van der Waals surface area contributed by atoms with E-state index in [0.717, 1.165) is 12.8 Å². The number of carbonyl (C=O) groups excluding carboxylic acids is 2. The number of hydrogen-bond acceptors (Lipinski definition) is 6. The normalized spacial score (nSPS) is 38.6. The van der Waals surface area contributed by atoms with Crippen molar-refractivity contribution in [2.45, 2.75) is 66.2 Å². The molecule has 8 nitrogen and oxygen atoms in total. The minimum atomic E-state index is -4.08. The Morgan fingerprint density at radius 2 is 1.03 bits per heavy atom. The molecule has 0 saturated heterocycles. The summed E-state index contributed by atoms with van der Waals surface area (Å²) in [6.45, 7) is 7.78.